The molecule has 0 spiro atoms. The lowest BCUT2D eigenvalue weighted by atomic mass is 10.0. The number of carbonyl (C=O) groups excluding carboxylic acids is 1. The predicted octanol–water partition coefficient (Wildman–Crippen LogP) is 7.28. The van der Waals surface area contributed by atoms with Gasteiger partial charge in [0.05, 0.1) is 22.7 Å². The van der Waals surface area contributed by atoms with Gasteiger partial charge in [-0.1, -0.05) is 101 Å². The second kappa shape index (κ2) is 15.4. The molecule has 0 aliphatic heterocycles. The lowest BCUT2D eigenvalue weighted by Crippen LogP contribution is -2.30. The molecule has 8 nitrogen and oxygen atoms in total. The number of halogens is 3. The van der Waals surface area contributed by atoms with E-state index in [9.17, 15) is 31.2 Å². The fourth-order valence-corrected chi connectivity index (χ4v) is 6.47. The maximum absolute atomic E-state index is 13.7. The Labute approximate surface area is 267 Å². The minimum Gasteiger partial charge on any atom is -0.274 e. The number of alkyl halides is 3. The zero-order valence-electron chi connectivity index (χ0n) is 26.0. The highest BCUT2D eigenvalue weighted by Gasteiger charge is 2.35. The van der Waals surface area contributed by atoms with E-state index in [2.05, 4.69) is 16.7 Å². The van der Waals surface area contributed by atoms with E-state index in [0.29, 0.717) is 41.8 Å². The van der Waals surface area contributed by atoms with Gasteiger partial charge in [0, 0.05) is 18.4 Å². The average Bonchev–Trinajstić information content (AvgIpc) is 3.33. The fraction of sp³-hybridized carbons (Fsp3) is 0.382. The molecule has 1 aromatic heterocycles. The number of nitrogens with zero attached hydrogens (tertiary/aromatic N) is 3. The van der Waals surface area contributed by atoms with Crippen LogP contribution in [-0.2, 0) is 34.0 Å². The highest BCUT2D eigenvalue weighted by molar-refractivity contribution is 7.90. The van der Waals surface area contributed by atoms with Gasteiger partial charge in [0.15, 0.2) is 0 Å². The number of amides is 1. The van der Waals surface area contributed by atoms with Crippen molar-refractivity contribution < 1.29 is 26.4 Å². The van der Waals surface area contributed by atoms with Crippen molar-refractivity contribution in [2.75, 3.05) is 0 Å². The molecule has 0 fully saturated rings. The van der Waals surface area contributed by atoms with Gasteiger partial charge in [-0.25, -0.2) is 17.9 Å². The molecule has 0 radical (unpaired) electrons. The summed E-state index contributed by atoms with van der Waals surface area (Å²) in [6.07, 6.45) is 1.97. The van der Waals surface area contributed by atoms with Gasteiger partial charge in [-0.3, -0.25) is 9.36 Å². The number of nitrogens with one attached hydrogen (secondary N) is 1. The van der Waals surface area contributed by atoms with Crippen molar-refractivity contribution in [3.8, 4) is 16.8 Å². The molecule has 46 heavy (non-hydrogen) atoms. The number of rotatable bonds is 15. The Kier molecular flexibility index (Phi) is 11.6. The van der Waals surface area contributed by atoms with E-state index < -0.39 is 33.4 Å². The van der Waals surface area contributed by atoms with Crippen molar-refractivity contribution in [3.63, 3.8) is 0 Å². The summed E-state index contributed by atoms with van der Waals surface area (Å²) in [5, 5.41) is 4.31. The lowest BCUT2D eigenvalue weighted by molar-refractivity contribution is -0.137. The molecule has 0 unspecified atom stereocenters. The third kappa shape index (κ3) is 8.54. The first-order valence-corrected chi connectivity index (χ1v) is 17.0. The van der Waals surface area contributed by atoms with Gasteiger partial charge in [0.1, 0.15) is 5.82 Å². The Morgan fingerprint density at radius 1 is 0.848 bits per heavy atom. The van der Waals surface area contributed by atoms with Crippen molar-refractivity contribution in [1.82, 2.24) is 19.1 Å². The summed E-state index contributed by atoms with van der Waals surface area (Å²) in [4.78, 5) is 25.9. The topological polar surface area (TPSA) is 103 Å². The van der Waals surface area contributed by atoms with Crippen LogP contribution in [0, 0.1) is 0 Å². The highest BCUT2D eigenvalue weighted by atomic mass is 32.2. The molecule has 1 amide bonds. The monoisotopic (exact) mass is 656 g/mol. The Morgan fingerprint density at radius 2 is 1.50 bits per heavy atom. The van der Waals surface area contributed by atoms with Gasteiger partial charge < -0.3 is 0 Å². The standard InChI is InChI=1S/C34H39F3N4O4S/c1-3-5-7-8-9-19-32(42)39-46(44,45)30-17-13-10-14-27(30)26-22-20-25(21-23-26)24-40-31(18-6-4-2)38-41(33(40)43)29-16-12-11-15-28(29)34(35,36)37/h10-17,20-23H,3-9,18-19,24H2,1-2H3,(H,39,42). The lowest BCUT2D eigenvalue weighted by Gasteiger charge is -2.13. The number of hydrogen-bond donors (Lipinski definition) is 1. The van der Waals surface area contributed by atoms with Gasteiger partial charge in [0.25, 0.3) is 10.0 Å². The minimum atomic E-state index is -4.67. The van der Waals surface area contributed by atoms with Crippen LogP contribution in [-0.4, -0.2) is 28.7 Å². The fourth-order valence-electron chi connectivity index (χ4n) is 5.23. The van der Waals surface area contributed by atoms with Gasteiger partial charge in [0.2, 0.25) is 5.91 Å². The molecule has 3 aromatic carbocycles. The molecule has 0 saturated heterocycles. The zero-order valence-corrected chi connectivity index (χ0v) is 26.8. The predicted molar refractivity (Wildman–Crippen MR) is 171 cm³/mol. The second-order valence-corrected chi connectivity index (χ2v) is 12.9. The van der Waals surface area contributed by atoms with Gasteiger partial charge >= 0.3 is 11.9 Å². The number of aryl methyl sites for hydroxylation is 1. The molecule has 0 aliphatic carbocycles. The molecule has 0 atom stereocenters. The summed E-state index contributed by atoms with van der Waals surface area (Å²) < 4.78 is 72.0. The largest absolute Gasteiger partial charge is 0.418 e. The van der Waals surface area contributed by atoms with E-state index >= 15 is 0 Å². The smallest absolute Gasteiger partial charge is 0.274 e. The SMILES string of the molecule is CCCCCCCC(=O)NS(=O)(=O)c1ccccc1-c1ccc(Cn2c(CCCC)nn(-c3ccccc3C(F)(F)F)c2=O)cc1. The molecule has 0 saturated carbocycles. The van der Waals surface area contributed by atoms with E-state index in [-0.39, 0.29) is 23.5 Å². The van der Waals surface area contributed by atoms with Gasteiger partial charge in [-0.2, -0.15) is 17.9 Å². The zero-order chi connectivity index (χ0) is 33.3. The number of aromatic nitrogens is 3. The summed E-state index contributed by atoms with van der Waals surface area (Å²) in [6, 6.07) is 18.1. The first-order valence-electron chi connectivity index (χ1n) is 15.6. The molecule has 0 bridgehead atoms. The van der Waals surface area contributed by atoms with Crippen LogP contribution in [0.5, 0.6) is 0 Å². The molecule has 246 valence electrons. The molecular formula is C34H39F3N4O4S. The third-order valence-corrected chi connectivity index (χ3v) is 9.10. The van der Waals surface area contributed by atoms with Crippen LogP contribution < -0.4 is 10.4 Å². The maximum Gasteiger partial charge on any atom is 0.418 e. The quantitative estimate of drug-likeness (QED) is 0.136. The van der Waals surface area contributed by atoms with E-state index in [1.54, 1.807) is 42.5 Å². The van der Waals surface area contributed by atoms with Crippen LogP contribution in [0.1, 0.15) is 82.2 Å². The Hall–Kier alpha value is -4.19. The van der Waals surface area contributed by atoms with Crippen LogP contribution in [0.15, 0.2) is 82.5 Å². The number of sulfonamides is 1. The second-order valence-electron chi connectivity index (χ2n) is 11.2. The van der Waals surface area contributed by atoms with Crippen molar-refractivity contribution in [2.24, 2.45) is 0 Å². The summed E-state index contributed by atoms with van der Waals surface area (Å²) in [7, 11) is -4.14. The number of carbonyl (C=O) groups is 1. The molecule has 1 heterocycles. The van der Waals surface area contributed by atoms with Gasteiger partial charge in [-0.15, -0.1) is 5.10 Å². The summed E-state index contributed by atoms with van der Waals surface area (Å²) in [5.74, 6) is -0.185. The Balaban J connectivity index is 1.59. The summed E-state index contributed by atoms with van der Waals surface area (Å²) >= 11 is 0. The van der Waals surface area contributed by atoms with Gasteiger partial charge in [-0.05, 0) is 42.2 Å². The van der Waals surface area contributed by atoms with Crippen LogP contribution in [0.4, 0.5) is 13.2 Å². The maximum atomic E-state index is 13.7. The van der Waals surface area contributed by atoms with Crippen molar-refractivity contribution >= 4 is 15.9 Å². The summed E-state index contributed by atoms with van der Waals surface area (Å²) in [5.41, 5.74) is -0.341. The first-order chi connectivity index (χ1) is 22.0. The summed E-state index contributed by atoms with van der Waals surface area (Å²) in [6.45, 7) is 4.12. The minimum absolute atomic E-state index is 0.0373. The molecule has 12 heteroatoms. The number of benzene rings is 3. The van der Waals surface area contributed by atoms with Crippen LogP contribution in [0.2, 0.25) is 0 Å². The Morgan fingerprint density at radius 3 is 2.20 bits per heavy atom. The molecular weight excluding hydrogens is 617 g/mol. The normalized spacial score (nSPS) is 11.9. The Bertz CT molecular complexity index is 1800. The number of unbranched alkanes of at least 4 members (excludes halogenated alkanes) is 5. The average molecular weight is 657 g/mol. The third-order valence-electron chi connectivity index (χ3n) is 7.67. The first kappa shape index (κ1) is 34.7. The number of hydrogen-bond acceptors (Lipinski definition) is 5. The van der Waals surface area contributed by atoms with E-state index in [1.165, 1.54) is 28.8 Å². The molecule has 4 aromatic rings. The van der Waals surface area contributed by atoms with E-state index in [4.69, 9.17) is 0 Å². The van der Waals surface area contributed by atoms with Crippen molar-refractivity contribution in [2.45, 2.75) is 89.3 Å². The van der Waals surface area contributed by atoms with E-state index in [0.717, 1.165) is 42.9 Å². The van der Waals surface area contributed by atoms with E-state index in [1.807, 2.05) is 6.92 Å². The van der Waals surface area contributed by atoms with Crippen molar-refractivity contribution in [1.29, 1.82) is 0 Å². The van der Waals surface area contributed by atoms with Crippen molar-refractivity contribution in [3.05, 3.63) is 100 Å². The molecule has 1 N–H and O–H groups in total. The van der Waals surface area contributed by atoms with Crippen LogP contribution in [0.25, 0.3) is 16.8 Å². The molecule has 0 aliphatic rings. The number of para-hydroxylation sites is 1. The van der Waals surface area contributed by atoms with Crippen LogP contribution >= 0.6 is 0 Å². The highest BCUT2D eigenvalue weighted by Crippen LogP contribution is 2.33. The molecule has 4 rings (SSSR count). The van der Waals surface area contributed by atoms with Crippen LogP contribution in [0.3, 0.4) is 0 Å².